The Morgan fingerprint density at radius 2 is 1.33 bits per heavy atom. The number of ether oxygens (including phenoxy) is 1. The van der Waals surface area contributed by atoms with Gasteiger partial charge in [0, 0.05) is 6.54 Å². The van der Waals surface area contributed by atoms with Gasteiger partial charge in [0.15, 0.2) is 5.13 Å². The molecule has 1 aromatic heterocycles. The van der Waals surface area contributed by atoms with Gasteiger partial charge in [-0.2, -0.15) is 4.98 Å². The number of hydroxylamine groups is 1. The number of nitrogens with zero attached hydrogens (tertiary/aromatic N) is 1. The Morgan fingerprint density at radius 3 is 1.90 bits per heavy atom. The lowest BCUT2D eigenvalue weighted by atomic mass is 9.77. The number of carbonyl (C=O) groups is 1. The van der Waals surface area contributed by atoms with Crippen molar-refractivity contribution in [1.82, 2.24) is 10.5 Å². The molecule has 6 nitrogen and oxygen atoms in total. The van der Waals surface area contributed by atoms with Crippen LogP contribution in [0.2, 0.25) is 0 Å². The smallest absolute Gasteiger partial charge is 0.345 e. The van der Waals surface area contributed by atoms with Crippen LogP contribution in [-0.2, 0) is 17.0 Å². The molecule has 0 aliphatic heterocycles. The summed E-state index contributed by atoms with van der Waals surface area (Å²) in [4.78, 5) is 23.1. The van der Waals surface area contributed by atoms with Gasteiger partial charge in [0.25, 0.3) is 0 Å². The fourth-order valence-electron chi connectivity index (χ4n) is 4.53. The monoisotopic (exact) mass is 535 g/mol. The largest absolute Gasteiger partial charge is 0.403 e. The number of hydrogen-bond donors (Lipinski definition) is 2. The lowest BCUT2D eigenvalue weighted by Crippen LogP contribution is -2.38. The Morgan fingerprint density at radius 1 is 0.795 bits per heavy atom. The van der Waals surface area contributed by atoms with E-state index >= 15 is 0 Å². The third-order valence-corrected chi connectivity index (χ3v) is 7.04. The van der Waals surface area contributed by atoms with Crippen molar-refractivity contribution in [1.29, 1.82) is 0 Å². The van der Waals surface area contributed by atoms with Crippen molar-refractivity contribution >= 4 is 22.4 Å². The zero-order valence-corrected chi connectivity index (χ0v) is 22.4. The fourth-order valence-corrected chi connectivity index (χ4v) is 5.20. The summed E-state index contributed by atoms with van der Waals surface area (Å²) in [7, 11) is 0. The predicted molar refractivity (Wildman–Crippen MR) is 155 cm³/mol. The number of hydrogen-bond acceptors (Lipinski definition) is 7. The molecule has 0 spiro atoms. The molecule has 0 aliphatic rings. The Labute approximate surface area is 232 Å². The number of rotatable bonds is 11. The first-order valence-electron chi connectivity index (χ1n) is 12.8. The highest BCUT2D eigenvalue weighted by atomic mass is 32.1. The van der Waals surface area contributed by atoms with Crippen LogP contribution in [0.25, 0.3) is 0 Å². The summed E-state index contributed by atoms with van der Waals surface area (Å²) in [5.74, 6) is -0.249. The van der Waals surface area contributed by atoms with Crippen LogP contribution in [0.4, 0.5) is 5.13 Å². The molecule has 0 unspecified atom stereocenters. The normalized spacial score (nSPS) is 11.2. The number of aromatic nitrogens is 1. The topological polar surface area (TPSA) is 72.5 Å². The minimum atomic E-state index is -0.723. The second kappa shape index (κ2) is 12.5. The zero-order chi connectivity index (χ0) is 26.9. The highest BCUT2D eigenvalue weighted by molar-refractivity contribution is 7.13. The molecule has 1 heterocycles. The summed E-state index contributed by atoms with van der Waals surface area (Å²) < 4.78 is 5.70. The van der Waals surface area contributed by atoms with E-state index in [-0.39, 0.29) is 12.5 Å². The molecule has 0 radical (unpaired) electrons. The quantitative estimate of drug-likeness (QED) is 0.0838. The predicted octanol–water partition coefficient (Wildman–Crippen LogP) is 6.81. The lowest BCUT2D eigenvalue weighted by molar-refractivity contribution is 0.0304. The molecule has 0 fully saturated rings. The van der Waals surface area contributed by atoms with E-state index < -0.39 is 11.5 Å². The van der Waals surface area contributed by atoms with Crippen LogP contribution in [0.15, 0.2) is 121 Å². The van der Waals surface area contributed by atoms with Crippen molar-refractivity contribution < 1.29 is 14.4 Å². The first-order valence-corrected chi connectivity index (χ1v) is 13.6. The molecule has 5 aromatic rings. The Hall–Kier alpha value is -4.30. The molecule has 39 heavy (non-hydrogen) atoms. The highest BCUT2D eigenvalue weighted by Crippen LogP contribution is 2.41. The molecule has 2 N–H and O–H groups in total. The van der Waals surface area contributed by atoms with Gasteiger partial charge in [0.1, 0.15) is 5.54 Å². The average Bonchev–Trinajstić information content (AvgIpc) is 3.44. The average molecular weight is 536 g/mol. The molecule has 0 atom stereocenters. The maximum atomic E-state index is 13.1. The Kier molecular flexibility index (Phi) is 8.43. The zero-order valence-electron chi connectivity index (χ0n) is 21.5. The van der Waals surface area contributed by atoms with Crippen LogP contribution in [-0.4, -0.2) is 17.5 Å². The summed E-state index contributed by atoms with van der Waals surface area (Å²) in [5, 5.41) is 6.07. The summed E-state index contributed by atoms with van der Waals surface area (Å²) >= 11 is 1.38. The number of esters is 1. The first-order chi connectivity index (χ1) is 19.2. The van der Waals surface area contributed by atoms with E-state index in [1.807, 2.05) is 73.7 Å². The number of thiazole rings is 1. The van der Waals surface area contributed by atoms with Crippen molar-refractivity contribution in [3.63, 3.8) is 0 Å². The molecule has 0 bridgehead atoms. The van der Waals surface area contributed by atoms with E-state index in [4.69, 9.17) is 9.57 Å². The molecule has 0 aliphatic carbocycles. The number of carbonyl (C=O) groups excluding carboxylic acids is 1. The number of nitrogens with one attached hydrogen (secondary N) is 2. The number of anilines is 1. The van der Waals surface area contributed by atoms with Crippen molar-refractivity contribution in [3.05, 3.63) is 148 Å². The Balaban J connectivity index is 1.47. The standard InChI is InChI=1S/C32H29N3O3S/c1-2-33-37-22-24-14-12-13-21-28(24)30(36)38-29-23-39-31(34-29)35-32(25-15-6-3-7-16-25,26-17-8-4-9-18-26)27-19-10-5-11-20-27/h3-21,23,33H,2,22H2,1H3,(H,34,35). The van der Waals surface area contributed by atoms with Gasteiger partial charge in [-0.25, -0.2) is 10.3 Å². The molecule has 4 aromatic carbocycles. The van der Waals surface area contributed by atoms with Crippen molar-refractivity contribution in [3.8, 4) is 5.88 Å². The van der Waals surface area contributed by atoms with Gasteiger partial charge < -0.3 is 10.1 Å². The minimum Gasteiger partial charge on any atom is -0.403 e. The molecular weight excluding hydrogens is 506 g/mol. The molecule has 0 saturated carbocycles. The molecular formula is C32H29N3O3S. The van der Waals surface area contributed by atoms with E-state index in [0.717, 1.165) is 22.3 Å². The van der Waals surface area contributed by atoms with Gasteiger partial charge in [-0.05, 0) is 28.3 Å². The molecule has 7 heteroatoms. The summed E-state index contributed by atoms with van der Waals surface area (Å²) in [6.45, 7) is 2.85. The maximum Gasteiger partial charge on any atom is 0.345 e. The minimum absolute atomic E-state index is 0.234. The SMILES string of the molecule is CCNOCc1ccccc1C(=O)Oc1csc(NC(c2ccccc2)(c2ccccc2)c2ccccc2)n1. The molecule has 5 rings (SSSR count). The van der Waals surface area contributed by atoms with Gasteiger partial charge in [-0.1, -0.05) is 116 Å². The molecule has 0 amide bonds. The van der Waals surface area contributed by atoms with Crippen LogP contribution >= 0.6 is 11.3 Å². The van der Waals surface area contributed by atoms with Crippen LogP contribution in [0.5, 0.6) is 5.88 Å². The first kappa shape index (κ1) is 26.3. The second-order valence-corrected chi connectivity index (χ2v) is 9.66. The molecule has 196 valence electrons. The van der Waals surface area contributed by atoms with Gasteiger partial charge >= 0.3 is 5.97 Å². The van der Waals surface area contributed by atoms with Crippen LogP contribution < -0.4 is 15.5 Å². The molecule has 0 saturated heterocycles. The summed E-state index contributed by atoms with van der Waals surface area (Å²) in [6.07, 6.45) is 0. The maximum absolute atomic E-state index is 13.1. The van der Waals surface area contributed by atoms with Crippen LogP contribution in [0.3, 0.4) is 0 Å². The summed E-state index contributed by atoms with van der Waals surface area (Å²) in [6, 6.07) is 38.1. The third kappa shape index (κ3) is 5.91. The third-order valence-electron chi connectivity index (χ3n) is 6.31. The van der Waals surface area contributed by atoms with E-state index in [1.165, 1.54) is 11.3 Å². The van der Waals surface area contributed by atoms with E-state index in [2.05, 4.69) is 52.2 Å². The van der Waals surface area contributed by atoms with Gasteiger partial charge in [0.05, 0.1) is 17.6 Å². The van der Waals surface area contributed by atoms with Gasteiger partial charge in [-0.3, -0.25) is 4.84 Å². The van der Waals surface area contributed by atoms with Crippen molar-refractivity contribution in [2.24, 2.45) is 0 Å². The van der Waals surface area contributed by atoms with E-state index in [9.17, 15) is 4.79 Å². The van der Waals surface area contributed by atoms with E-state index in [0.29, 0.717) is 17.2 Å². The summed E-state index contributed by atoms with van der Waals surface area (Å²) in [5.41, 5.74) is 6.43. The lowest BCUT2D eigenvalue weighted by Gasteiger charge is -2.36. The van der Waals surface area contributed by atoms with Crippen molar-refractivity contribution in [2.45, 2.75) is 19.1 Å². The van der Waals surface area contributed by atoms with Gasteiger partial charge in [0.2, 0.25) is 5.88 Å². The van der Waals surface area contributed by atoms with E-state index in [1.54, 1.807) is 17.5 Å². The van der Waals surface area contributed by atoms with Gasteiger partial charge in [-0.15, -0.1) is 11.3 Å². The van der Waals surface area contributed by atoms with Crippen LogP contribution in [0.1, 0.15) is 39.5 Å². The highest BCUT2D eigenvalue weighted by Gasteiger charge is 2.37. The van der Waals surface area contributed by atoms with Crippen LogP contribution in [0, 0.1) is 0 Å². The van der Waals surface area contributed by atoms with Crippen molar-refractivity contribution in [2.75, 3.05) is 11.9 Å². The fraction of sp³-hybridized carbons (Fsp3) is 0.125. The second-order valence-electron chi connectivity index (χ2n) is 8.80. The number of benzene rings is 4. The Bertz CT molecular complexity index is 1390.